The molecule has 0 bridgehead atoms. The number of ether oxygens (including phenoxy) is 3. The van der Waals surface area contributed by atoms with E-state index in [1.807, 2.05) is 4.98 Å². The van der Waals surface area contributed by atoms with Crippen LogP contribution < -0.4 is 43.6 Å². The lowest BCUT2D eigenvalue weighted by molar-refractivity contribution is -0.261. The minimum absolute atomic E-state index is 0.0218. The number of aliphatic hydroxyl groups is 4. The third kappa shape index (κ3) is 19.2. The largest absolute Gasteiger partial charge is 0.483 e. The molecule has 0 saturated carbocycles. The first-order valence-corrected chi connectivity index (χ1v) is 25.3. The van der Waals surface area contributed by atoms with Crippen molar-refractivity contribution in [2.24, 2.45) is 5.73 Å². The number of aliphatic hydroxyl groups excluding tert-OH is 4. The Hall–Kier alpha value is -5.62. The van der Waals surface area contributed by atoms with E-state index in [-0.39, 0.29) is 19.3 Å². The van der Waals surface area contributed by atoms with Crippen LogP contribution in [0.2, 0.25) is 0 Å². The van der Waals surface area contributed by atoms with Gasteiger partial charge in [-0.3, -0.25) is 57.0 Å². The molecule has 2 aliphatic rings. The zero-order valence-electron chi connectivity index (χ0n) is 40.1. The average molecular weight is 1120 g/mol. The lowest BCUT2D eigenvalue weighted by atomic mass is 9.96. The number of nitrogens with one attached hydrogen (secondary N) is 6. The summed E-state index contributed by atoms with van der Waals surface area (Å²) in [5, 5.41) is 80.8. The standard InChI is InChI=1S/C38H60N8O27P2/c1-14(30(54)44-20(36(61)62)8-9-23(49)43-19(7-5-6-18(39)35(59)60)32(56)41-15(2)34(57)58)40-31(55)16(3)69-29-25(42-17(4)48)37(71-21(12-47)27(29)52)72-75(66,67)73-74(64,65)68-13-22-26(51)28(53)33(70-22)46-11-10-24(50)45-38(46)63/h10-11,14-16,18-22,25-29,33,37,47,51-53H,5-9,12-13,39H2,1-4H3,(H,40,55)(H,41,56)(H,42,48)(H,43,49)(H,44,54)(H,57,58)(H,59,60)(H,61,62)(H,64,65)(H,66,67)(H,45,50,63)/t14?,15?,16?,18?,19?,20?,21?,22-,25?,26?,27?,28+,29?,33-,37?/m1/s1. The van der Waals surface area contributed by atoms with Crippen LogP contribution in [0.4, 0.5) is 0 Å². The highest BCUT2D eigenvalue weighted by Gasteiger charge is 2.52. The molecule has 2 aliphatic heterocycles. The quantitative estimate of drug-likeness (QED) is 0.0332. The number of nitrogens with zero attached hydrogens (tertiary/aromatic N) is 1. The van der Waals surface area contributed by atoms with Crippen molar-refractivity contribution in [1.29, 1.82) is 0 Å². The van der Waals surface area contributed by atoms with Crippen LogP contribution in [-0.4, -0.2) is 201 Å². The molecule has 424 valence electrons. The number of carbonyl (C=O) groups is 8. The van der Waals surface area contributed by atoms with Gasteiger partial charge < -0.3 is 92.1 Å². The third-order valence-electron chi connectivity index (χ3n) is 11.0. The molecule has 37 heteroatoms. The van der Waals surface area contributed by atoms with Gasteiger partial charge in [-0.15, -0.1) is 0 Å². The summed E-state index contributed by atoms with van der Waals surface area (Å²) in [6.07, 6.45) is -17.8. The summed E-state index contributed by atoms with van der Waals surface area (Å²) in [6.45, 7) is 1.88. The first kappa shape index (κ1) is 63.7. The summed E-state index contributed by atoms with van der Waals surface area (Å²) in [5.74, 6) is -9.59. The van der Waals surface area contributed by atoms with Gasteiger partial charge >= 0.3 is 39.2 Å². The molecule has 0 aliphatic carbocycles. The number of nitrogens with two attached hydrogens (primary N) is 1. The Bertz CT molecular complexity index is 2440. The fourth-order valence-electron chi connectivity index (χ4n) is 7.00. The van der Waals surface area contributed by atoms with Gasteiger partial charge in [0.15, 0.2) is 12.5 Å². The van der Waals surface area contributed by atoms with Crippen LogP contribution in [0.3, 0.4) is 0 Å². The molecule has 14 unspecified atom stereocenters. The first-order valence-electron chi connectivity index (χ1n) is 22.3. The van der Waals surface area contributed by atoms with Crippen LogP contribution in [0.15, 0.2) is 21.9 Å². The molecule has 1 aromatic rings. The van der Waals surface area contributed by atoms with Crippen molar-refractivity contribution in [3.63, 3.8) is 0 Å². The topological polar surface area (TPSA) is 549 Å². The summed E-state index contributed by atoms with van der Waals surface area (Å²) >= 11 is 0. The van der Waals surface area contributed by atoms with Crippen LogP contribution >= 0.6 is 15.6 Å². The maximum atomic E-state index is 13.3. The van der Waals surface area contributed by atoms with E-state index in [2.05, 4.69) is 35.4 Å². The normalized spacial score (nSPS) is 26.6. The van der Waals surface area contributed by atoms with Crippen molar-refractivity contribution < 1.29 is 121 Å². The zero-order chi connectivity index (χ0) is 56.9. The molecule has 17 atom stereocenters. The van der Waals surface area contributed by atoms with Crippen LogP contribution in [-0.2, 0) is 75.1 Å². The molecular weight excluding hydrogens is 1060 g/mol. The lowest BCUT2D eigenvalue weighted by Crippen LogP contribution is -2.66. The number of carboxylic acids is 3. The van der Waals surface area contributed by atoms with E-state index in [1.54, 1.807) is 0 Å². The van der Waals surface area contributed by atoms with E-state index in [1.165, 1.54) is 0 Å². The number of carboxylic acid groups (broad SMARTS) is 3. The van der Waals surface area contributed by atoms with Crippen LogP contribution in [0.25, 0.3) is 0 Å². The average Bonchev–Trinajstić information content (AvgIpc) is 3.58. The van der Waals surface area contributed by atoms with E-state index >= 15 is 0 Å². The van der Waals surface area contributed by atoms with Gasteiger partial charge in [0.1, 0.15) is 79.0 Å². The summed E-state index contributed by atoms with van der Waals surface area (Å²) in [6, 6.07) is -8.58. The Morgan fingerprint density at radius 3 is 2.00 bits per heavy atom. The smallest absolute Gasteiger partial charge is 0.480 e. The molecule has 17 N–H and O–H groups in total. The van der Waals surface area contributed by atoms with E-state index in [4.69, 9.17) is 34.7 Å². The fraction of sp³-hybridized carbons (Fsp3) is 0.684. The monoisotopic (exact) mass is 1120 g/mol. The van der Waals surface area contributed by atoms with Crippen LogP contribution in [0.5, 0.6) is 0 Å². The summed E-state index contributed by atoms with van der Waals surface area (Å²) in [5.41, 5.74) is 3.59. The number of hydrogen-bond donors (Lipinski definition) is 16. The molecule has 3 heterocycles. The number of hydrogen-bond acceptors (Lipinski definition) is 23. The molecule has 5 amide bonds. The van der Waals surface area contributed by atoms with Crippen LogP contribution in [0, 0.1) is 0 Å². The van der Waals surface area contributed by atoms with Gasteiger partial charge in [-0.25, -0.2) is 18.7 Å². The molecule has 0 aromatic carbocycles. The van der Waals surface area contributed by atoms with Crippen molar-refractivity contribution in [1.82, 2.24) is 36.1 Å². The van der Waals surface area contributed by atoms with E-state index < -0.39 is 192 Å². The summed E-state index contributed by atoms with van der Waals surface area (Å²) in [4.78, 5) is 145. The second-order valence-corrected chi connectivity index (χ2v) is 19.9. The fourth-order valence-corrected chi connectivity index (χ4v) is 9.17. The van der Waals surface area contributed by atoms with E-state index in [0.717, 1.165) is 40.0 Å². The van der Waals surface area contributed by atoms with E-state index in [9.17, 15) is 92.4 Å². The van der Waals surface area contributed by atoms with Crippen LogP contribution in [0.1, 0.15) is 66.0 Å². The van der Waals surface area contributed by atoms with Crippen molar-refractivity contribution in [2.45, 2.75) is 151 Å². The Morgan fingerprint density at radius 2 is 1.43 bits per heavy atom. The second-order valence-electron chi connectivity index (χ2n) is 16.9. The van der Waals surface area contributed by atoms with E-state index in [0.29, 0.717) is 4.57 Å². The van der Waals surface area contributed by atoms with Gasteiger partial charge in [0.25, 0.3) is 5.56 Å². The highest BCUT2D eigenvalue weighted by molar-refractivity contribution is 7.61. The SMILES string of the molecule is CC(=O)NC1C(OP(=O)(O)OP(=O)(O)OC[C@H]2O[C@@H](n3ccc(=O)[nH]c3=O)[C@@H](O)C2O)OC(CO)C(O)C1OC(C)C(=O)NC(C)C(=O)NC(CCC(=O)NC(CCCC(N)C(=O)O)C(=O)NC(C)C(=O)O)C(=O)O. The van der Waals surface area contributed by atoms with Crippen molar-refractivity contribution >= 4 is 63.1 Å². The predicted octanol–water partition coefficient (Wildman–Crippen LogP) is -6.73. The molecule has 35 nitrogen and oxygen atoms in total. The highest BCUT2D eigenvalue weighted by atomic mass is 31.3. The molecule has 3 rings (SSSR count). The number of phosphoric ester groups is 2. The Morgan fingerprint density at radius 1 is 0.787 bits per heavy atom. The van der Waals surface area contributed by atoms with Gasteiger partial charge in [-0.1, -0.05) is 0 Å². The first-order chi connectivity index (χ1) is 34.8. The third-order valence-corrected chi connectivity index (χ3v) is 13.6. The Labute approximate surface area is 422 Å². The van der Waals surface area contributed by atoms with Gasteiger partial charge in [-0.2, -0.15) is 4.31 Å². The summed E-state index contributed by atoms with van der Waals surface area (Å²) in [7, 11) is -11.7. The molecule has 1 aromatic heterocycles. The number of rotatable bonds is 29. The maximum Gasteiger partial charge on any atom is 0.483 e. The lowest BCUT2D eigenvalue weighted by Gasteiger charge is -2.44. The van der Waals surface area contributed by atoms with Gasteiger partial charge in [0, 0.05) is 25.6 Å². The van der Waals surface area contributed by atoms with Gasteiger partial charge in [0.05, 0.1) is 13.2 Å². The number of carbonyl (C=O) groups excluding carboxylic acids is 5. The summed E-state index contributed by atoms with van der Waals surface area (Å²) < 4.78 is 56.9. The molecular formula is C38H60N8O27P2. The number of phosphoric acid groups is 2. The minimum atomic E-state index is -5.95. The van der Waals surface area contributed by atoms with Crippen molar-refractivity contribution in [3.8, 4) is 0 Å². The molecule has 2 saturated heterocycles. The highest BCUT2D eigenvalue weighted by Crippen LogP contribution is 2.61. The molecule has 2 fully saturated rings. The molecule has 0 spiro atoms. The molecule has 0 radical (unpaired) electrons. The number of H-pyrrole nitrogens is 1. The number of aromatic amines is 1. The maximum absolute atomic E-state index is 13.3. The second kappa shape index (κ2) is 28.0. The van der Waals surface area contributed by atoms with Gasteiger partial charge in [-0.05, 0) is 46.5 Å². The minimum Gasteiger partial charge on any atom is -0.480 e. The predicted molar refractivity (Wildman–Crippen MR) is 242 cm³/mol. The van der Waals surface area contributed by atoms with Crippen molar-refractivity contribution in [2.75, 3.05) is 13.2 Å². The Kier molecular flexibility index (Phi) is 23.7. The van der Waals surface area contributed by atoms with Gasteiger partial charge in [0.2, 0.25) is 29.5 Å². The number of amides is 5. The number of aliphatic carboxylic acids is 3. The zero-order valence-corrected chi connectivity index (χ0v) is 41.8. The van der Waals surface area contributed by atoms with Crippen molar-refractivity contribution in [3.05, 3.63) is 33.1 Å². The Balaban J connectivity index is 1.66. The number of aromatic nitrogens is 2. The molecule has 75 heavy (non-hydrogen) atoms.